The Labute approximate surface area is 123 Å². The normalized spacial score (nSPS) is 13.7. The van der Waals surface area contributed by atoms with Gasteiger partial charge in [0, 0.05) is 12.1 Å². The van der Waals surface area contributed by atoms with E-state index >= 15 is 0 Å². The maximum Gasteiger partial charge on any atom is 0.277 e. The van der Waals surface area contributed by atoms with Crippen LogP contribution >= 0.6 is 15.9 Å². The Hall–Kier alpha value is -1.07. The van der Waals surface area contributed by atoms with Crippen molar-refractivity contribution in [3.8, 4) is 5.75 Å². The van der Waals surface area contributed by atoms with E-state index in [0.717, 1.165) is 15.8 Å². The zero-order chi connectivity index (χ0) is 14.4. The van der Waals surface area contributed by atoms with E-state index < -0.39 is 0 Å². The third-order valence-electron chi connectivity index (χ3n) is 3.04. The zero-order valence-corrected chi connectivity index (χ0v) is 13.5. The van der Waals surface area contributed by atoms with Gasteiger partial charge in [-0.3, -0.25) is 4.79 Å². The van der Waals surface area contributed by atoms with Gasteiger partial charge in [0.05, 0.1) is 11.6 Å². The molecule has 0 bridgehead atoms. The molecule has 0 aliphatic heterocycles. The maximum absolute atomic E-state index is 11.7. The molecule has 4 nitrogen and oxygen atoms in total. The summed E-state index contributed by atoms with van der Waals surface area (Å²) in [4.78, 5) is 11.7. The van der Waals surface area contributed by atoms with Gasteiger partial charge in [0.1, 0.15) is 11.8 Å². The fraction of sp³-hybridized carbons (Fsp3) is 0.500. The monoisotopic (exact) mass is 329 g/mol. The van der Waals surface area contributed by atoms with Gasteiger partial charge in [0.15, 0.2) is 6.04 Å². The van der Waals surface area contributed by atoms with Crippen LogP contribution in [0.5, 0.6) is 5.75 Å². The number of nitrogens with one attached hydrogen (secondary N) is 1. The minimum atomic E-state index is -0.101. The van der Waals surface area contributed by atoms with Gasteiger partial charge >= 0.3 is 0 Å². The molecule has 1 aromatic carbocycles. The molecule has 0 fully saturated rings. The third-order valence-corrected chi connectivity index (χ3v) is 3.66. The smallest absolute Gasteiger partial charge is 0.277 e. The molecular weight excluding hydrogens is 308 g/mol. The second-order valence-electron chi connectivity index (χ2n) is 4.56. The number of rotatable bonds is 6. The lowest BCUT2D eigenvalue weighted by atomic mass is 10.1. The predicted molar refractivity (Wildman–Crippen MR) is 79.2 cm³/mol. The number of quaternary nitrogens is 1. The maximum atomic E-state index is 11.7. The lowest BCUT2D eigenvalue weighted by molar-refractivity contribution is -0.710. The van der Waals surface area contributed by atoms with Crippen LogP contribution in [0.25, 0.3) is 0 Å². The van der Waals surface area contributed by atoms with Gasteiger partial charge in [-0.1, -0.05) is 0 Å². The van der Waals surface area contributed by atoms with Crippen molar-refractivity contribution in [2.24, 2.45) is 0 Å². The molecule has 0 aliphatic carbocycles. The number of hydrogen-bond donors (Lipinski definition) is 2. The summed E-state index contributed by atoms with van der Waals surface area (Å²) in [6, 6.07) is 6.09. The molecule has 19 heavy (non-hydrogen) atoms. The summed E-state index contributed by atoms with van der Waals surface area (Å²) < 4.78 is 6.14. The summed E-state index contributed by atoms with van der Waals surface area (Å²) in [6.45, 7) is 6.60. The highest BCUT2D eigenvalue weighted by molar-refractivity contribution is 9.10. The molecule has 0 saturated carbocycles. The second kappa shape index (κ2) is 7.50. The van der Waals surface area contributed by atoms with Crippen molar-refractivity contribution in [3.05, 3.63) is 28.2 Å². The van der Waals surface area contributed by atoms with Gasteiger partial charge in [0.2, 0.25) is 0 Å². The van der Waals surface area contributed by atoms with Crippen LogP contribution in [-0.4, -0.2) is 25.6 Å². The highest BCUT2D eigenvalue weighted by Gasteiger charge is 2.20. The Morgan fingerprint density at radius 2 is 2.16 bits per heavy atom. The minimum Gasteiger partial charge on any atom is -0.496 e. The molecule has 3 N–H and O–H groups in total. The molecule has 106 valence electrons. The van der Waals surface area contributed by atoms with Crippen molar-refractivity contribution in [1.82, 2.24) is 5.32 Å². The average molecular weight is 330 g/mol. The quantitative estimate of drug-likeness (QED) is 0.833. The number of nitrogens with two attached hydrogens (primary N) is 1. The molecule has 0 aliphatic rings. The van der Waals surface area contributed by atoms with E-state index in [9.17, 15) is 4.79 Å². The van der Waals surface area contributed by atoms with Crippen LogP contribution in [0.1, 0.15) is 32.4 Å². The predicted octanol–water partition coefficient (Wildman–Crippen LogP) is 1.61. The van der Waals surface area contributed by atoms with Crippen LogP contribution in [0.3, 0.4) is 0 Å². The molecule has 0 heterocycles. The lowest BCUT2D eigenvalue weighted by Gasteiger charge is -2.17. The summed E-state index contributed by atoms with van der Waals surface area (Å²) >= 11 is 3.48. The van der Waals surface area contributed by atoms with Crippen LogP contribution in [0.15, 0.2) is 22.7 Å². The van der Waals surface area contributed by atoms with E-state index in [-0.39, 0.29) is 18.0 Å². The lowest BCUT2D eigenvalue weighted by Crippen LogP contribution is -2.92. The molecule has 0 radical (unpaired) electrons. The first-order valence-corrected chi connectivity index (χ1v) is 7.25. The molecule has 0 aromatic heterocycles. The Kier molecular flexibility index (Phi) is 6.31. The Morgan fingerprint density at radius 3 is 2.68 bits per heavy atom. The van der Waals surface area contributed by atoms with Gasteiger partial charge in [-0.15, -0.1) is 0 Å². The third kappa shape index (κ3) is 4.51. The minimum absolute atomic E-state index is 0.0712. The molecule has 1 aromatic rings. The molecule has 1 amide bonds. The highest BCUT2D eigenvalue weighted by Crippen LogP contribution is 2.27. The molecule has 1 rings (SSSR count). The fourth-order valence-corrected chi connectivity index (χ4v) is 2.49. The Bertz CT molecular complexity index is 437. The number of amides is 1. The van der Waals surface area contributed by atoms with E-state index in [1.54, 1.807) is 7.11 Å². The van der Waals surface area contributed by atoms with Crippen LogP contribution in [-0.2, 0) is 4.79 Å². The van der Waals surface area contributed by atoms with Crippen LogP contribution in [0.4, 0.5) is 0 Å². The molecule has 0 saturated heterocycles. The number of likely N-dealkylation sites (N-methyl/N-ethyl adjacent to an activating group) is 1. The fourth-order valence-electron chi connectivity index (χ4n) is 1.93. The SMILES string of the molecule is CCNC(=O)[C@H](C)[NH2+][C@@H](C)c1ccc(OC)c(Br)c1. The molecule has 5 heteroatoms. The van der Waals surface area contributed by atoms with Crippen molar-refractivity contribution in [2.45, 2.75) is 32.9 Å². The van der Waals surface area contributed by atoms with Crippen molar-refractivity contribution in [1.29, 1.82) is 0 Å². The summed E-state index contributed by atoms with van der Waals surface area (Å²) in [5.41, 5.74) is 1.16. The standard InChI is InChI=1S/C14H21BrN2O2/c1-5-16-14(18)10(3)17-9(2)11-6-7-13(19-4)12(15)8-11/h6-10,17H,5H2,1-4H3,(H,16,18)/p+1/t9-,10-/m0/s1. The van der Waals surface area contributed by atoms with Gasteiger partial charge in [-0.2, -0.15) is 0 Å². The largest absolute Gasteiger partial charge is 0.496 e. The zero-order valence-electron chi connectivity index (χ0n) is 11.9. The number of halogens is 1. The van der Waals surface area contributed by atoms with E-state index in [1.165, 1.54) is 0 Å². The van der Waals surface area contributed by atoms with Crippen molar-refractivity contribution in [2.75, 3.05) is 13.7 Å². The number of hydrogen-bond acceptors (Lipinski definition) is 2. The Morgan fingerprint density at radius 1 is 1.47 bits per heavy atom. The first-order valence-electron chi connectivity index (χ1n) is 6.45. The number of methoxy groups -OCH3 is 1. The van der Waals surface area contributed by atoms with E-state index in [0.29, 0.717) is 6.54 Å². The summed E-state index contributed by atoms with van der Waals surface area (Å²) in [5.74, 6) is 0.884. The van der Waals surface area contributed by atoms with Gasteiger partial charge in [0.25, 0.3) is 5.91 Å². The number of carbonyl (C=O) groups excluding carboxylic acids is 1. The number of benzene rings is 1. The second-order valence-corrected chi connectivity index (χ2v) is 5.41. The summed E-state index contributed by atoms with van der Waals surface area (Å²) in [5, 5.41) is 4.89. The van der Waals surface area contributed by atoms with Crippen molar-refractivity contribution in [3.63, 3.8) is 0 Å². The van der Waals surface area contributed by atoms with E-state index in [2.05, 4.69) is 33.5 Å². The average Bonchev–Trinajstić information content (AvgIpc) is 2.38. The van der Waals surface area contributed by atoms with Gasteiger partial charge < -0.3 is 15.4 Å². The Balaban J connectivity index is 2.70. The molecule has 0 spiro atoms. The van der Waals surface area contributed by atoms with Crippen molar-refractivity contribution >= 4 is 21.8 Å². The summed E-state index contributed by atoms with van der Waals surface area (Å²) in [7, 11) is 1.65. The number of carbonyl (C=O) groups is 1. The van der Waals surface area contributed by atoms with Gasteiger partial charge in [-0.05, 0) is 54.9 Å². The first-order chi connectivity index (χ1) is 8.99. The van der Waals surface area contributed by atoms with E-state index in [1.807, 2.05) is 32.0 Å². The van der Waals surface area contributed by atoms with Gasteiger partial charge in [-0.25, -0.2) is 0 Å². The van der Waals surface area contributed by atoms with Crippen LogP contribution < -0.4 is 15.4 Å². The van der Waals surface area contributed by atoms with Crippen LogP contribution in [0.2, 0.25) is 0 Å². The molecule has 0 unspecified atom stereocenters. The highest BCUT2D eigenvalue weighted by atomic mass is 79.9. The first kappa shape index (κ1) is 16.0. The topological polar surface area (TPSA) is 54.9 Å². The van der Waals surface area contributed by atoms with Crippen molar-refractivity contribution < 1.29 is 14.8 Å². The number of ether oxygens (including phenoxy) is 1. The molecule has 2 atom stereocenters. The van der Waals surface area contributed by atoms with E-state index in [4.69, 9.17) is 4.74 Å². The summed E-state index contributed by atoms with van der Waals surface area (Å²) in [6.07, 6.45) is 0. The van der Waals surface area contributed by atoms with Crippen LogP contribution in [0, 0.1) is 0 Å². The molecular formula is C14H22BrN2O2+.